The first-order valence-corrected chi connectivity index (χ1v) is 9.56. The van der Waals surface area contributed by atoms with Gasteiger partial charge in [0, 0.05) is 30.4 Å². The van der Waals surface area contributed by atoms with Crippen LogP contribution >= 0.6 is 0 Å². The number of aliphatic hydroxyl groups excluding tert-OH is 1. The Hall–Kier alpha value is -3.84. The Kier molecular flexibility index (Phi) is 4.18. The van der Waals surface area contributed by atoms with Crippen LogP contribution in [0.5, 0.6) is 0 Å². The molecule has 0 radical (unpaired) electrons. The van der Waals surface area contributed by atoms with E-state index in [1.807, 2.05) is 37.3 Å². The van der Waals surface area contributed by atoms with Crippen molar-refractivity contribution in [2.24, 2.45) is 7.05 Å². The van der Waals surface area contributed by atoms with Crippen LogP contribution < -0.4 is 5.69 Å². The molecule has 1 N–H and O–H groups in total. The zero-order valence-corrected chi connectivity index (χ0v) is 16.6. The quantitative estimate of drug-likeness (QED) is 0.506. The molecule has 7 nitrogen and oxygen atoms in total. The van der Waals surface area contributed by atoms with Crippen LogP contribution in [0.15, 0.2) is 66.0 Å². The Bertz CT molecular complexity index is 1470. The normalized spacial score (nSPS) is 11.4. The van der Waals surface area contributed by atoms with Crippen molar-refractivity contribution in [2.75, 3.05) is 0 Å². The Morgan fingerprint density at radius 1 is 1.00 bits per heavy atom. The van der Waals surface area contributed by atoms with Crippen LogP contribution in [0.3, 0.4) is 0 Å². The van der Waals surface area contributed by atoms with E-state index < -0.39 is 0 Å². The summed E-state index contributed by atoms with van der Waals surface area (Å²) in [6, 6.07) is 11.6. The number of rotatable bonds is 3. The molecule has 0 amide bonds. The smallest absolute Gasteiger partial charge is 0.333 e. The molecular formula is C23H19N5O2. The Morgan fingerprint density at radius 3 is 2.57 bits per heavy atom. The third kappa shape index (κ3) is 2.71. The van der Waals surface area contributed by atoms with Gasteiger partial charge in [0.05, 0.1) is 46.9 Å². The Balaban J connectivity index is 1.85. The molecule has 4 aromatic heterocycles. The first kappa shape index (κ1) is 18.2. The van der Waals surface area contributed by atoms with E-state index >= 15 is 0 Å². The first-order chi connectivity index (χ1) is 14.6. The molecule has 0 saturated heterocycles. The highest BCUT2D eigenvalue weighted by Gasteiger charge is 2.18. The van der Waals surface area contributed by atoms with E-state index in [2.05, 4.69) is 15.0 Å². The molecule has 4 heterocycles. The largest absolute Gasteiger partial charge is 0.390 e. The van der Waals surface area contributed by atoms with Crippen LogP contribution in [0.1, 0.15) is 11.3 Å². The van der Waals surface area contributed by atoms with Gasteiger partial charge in [-0.15, -0.1) is 0 Å². The fourth-order valence-corrected chi connectivity index (χ4v) is 3.78. The number of aryl methyl sites for hydroxylation is 2. The average Bonchev–Trinajstić information content (AvgIpc) is 3.04. The number of aliphatic hydroxyl groups is 1. The van der Waals surface area contributed by atoms with Crippen molar-refractivity contribution in [3.05, 3.63) is 82.9 Å². The predicted molar refractivity (Wildman–Crippen MR) is 116 cm³/mol. The summed E-state index contributed by atoms with van der Waals surface area (Å²) in [5.41, 5.74) is 6.42. The number of benzene rings is 1. The minimum Gasteiger partial charge on any atom is -0.390 e. The molecule has 0 fully saturated rings. The third-order valence-corrected chi connectivity index (χ3v) is 5.46. The molecule has 30 heavy (non-hydrogen) atoms. The predicted octanol–water partition coefficient (Wildman–Crippen LogP) is 3.14. The lowest BCUT2D eigenvalue weighted by molar-refractivity contribution is 0.277. The highest BCUT2D eigenvalue weighted by molar-refractivity contribution is 6.04. The number of aromatic nitrogens is 5. The maximum absolute atomic E-state index is 13.1. The van der Waals surface area contributed by atoms with E-state index in [9.17, 15) is 9.90 Å². The van der Waals surface area contributed by atoms with Crippen molar-refractivity contribution in [1.29, 1.82) is 0 Å². The Morgan fingerprint density at radius 2 is 1.83 bits per heavy atom. The standard InChI is InChI=1S/C23H19N5O2/c1-14-7-8-24-11-20(14)28-22-18-9-15(16-3-5-17(13-29)25-10-16)4-6-19(18)26-12-21(22)27(2)23(28)30/h3-12,29H,13H2,1-2H3. The lowest BCUT2D eigenvalue weighted by Gasteiger charge is -2.09. The van der Waals surface area contributed by atoms with Gasteiger partial charge in [0.25, 0.3) is 0 Å². The number of pyridine rings is 3. The number of imidazole rings is 1. The topological polar surface area (TPSA) is 85.8 Å². The van der Waals surface area contributed by atoms with Gasteiger partial charge in [-0.25, -0.2) is 4.79 Å². The summed E-state index contributed by atoms with van der Waals surface area (Å²) >= 11 is 0. The zero-order chi connectivity index (χ0) is 20.8. The van der Waals surface area contributed by atoms with Crippen molar-refractivity contribution in [2.45, 2.75) is 13.5 Å². The lowest BCUT2D eigenvalue weighted by atomic mass is 10.0. The Labute approximate surface area is 171 Å². The van der Waals surface area contributed by atoms with E-state index in [4.69, 9.17) is 0 Å². The van der Waals surface area contributed by atoms with Gasteiger partial charge in [0.1, 0.15) is 0 Å². The van der Waals surface area contributed by atoms with Gasteiger partial charge in [0.2, 0.25) is 0 Å². The molecular weight excluding hydrogens is 378 g/mol. The molecule has 0 bridgehead atoms. The lowest BCUT2D eigenvalue weighted by Crippen LogP contribution is -2.21. The van der Waals surface area contributed by atoms with Gasteiger partial charge in [-0.1, -0.05) is 12.1 Å². The van der Waals surface area contributed by atoms with Gasteiger partial charge in [-0.2, -0.15) is 0 Å². The second-order valence-electron chi connectivity index (χ2n) is 7.26. The molecule has 0 atom stereocenters. The van der Waals surface area contributed by atoms with E-state index in [0.717, 1.165) is 44.3 Å². The SMILES string of the molecule is Cc1ccncc1-n1c(=O)n(C)c2cnc3ccc(-c4ccc(CO)nc4)cc3c21. The minimum absolute atomic E-state index is 0.0940. The zero-order valence-electron chi connectivity index (χ0n) is 16.6. The summed E-state index contributed by atoms with van der Waals surface area (Å²) in [5, 5.41) is 10.1. The number of fused-ring (bicyclic) bond motifs is 3. The average molecular weight is 397 g/mol. The molecule has 5 aromatic rings. The highest BCUT2D eigenvalue weighted by Crippen LogP contribution is 2.30. The van der Waals surface area contributed by atoms with E-state index in [-0.39, 0.29) is 12.3 Å². The van der Waals surface area contributed by atoms with Gasteiger partial charge in [0.15, 0.2) is 0 Å². The fourth-order valence-electron chi connectivity index (χ4n) is 3.78. The van der Waals surface area contributed by atoms with Crippen molar-refractivity contribution in [3.63, 3.8) is 0 Å². The molecule has 0 saturated carbocycles. The summed E-state index contributed by atoms with van der Waals surface area (Å²) in [5.74, 6) is 0. The molecule has 0 aliphatic heterocycles. The summed E-state index contributed by atoms with van der Waals surface area (Å²) in [6.45, 7) is 1.87. The summed E-state index contributed by atoms with van der Waals surface area (Å²) in [6.07, 6.45) is 6.90. The first-order valence-electron chi connectivity index (χ1n) is 9.56. The molecule has 0 aliphatic rings. The minimum atomic E-state index is -0.144. The van der Waals surface area contributed by atoms with E-state index in [0.29, 0.717) is 5.69 Å². The van der Waals surface area contributed by atoms with Crippen molar-refractivity contribution >= 4 is 21.9 Å². The van der Waals surface area contributed by atoms with Gasteiger partial charge < -0.3 is 5.11 Å². The molecule has 0 unspecified atom stereocenters. The summed E-state index contributed by atoms with van der Waals surface area (Å²) in [4.78, 5) is 26.2. The molecule has 7 heteroatoms. The van der Waals surface area contributed by atoms with Crippen molar-refractivity contribution < 1.29 is 5.11 Å². The maximum Gasteiger partial charge on any atom is 0.333 e. The highest BCUT2D eigenvalue weighted by atomic mass is 16.3. The monoisotopic (exact) mass is 397 g/mol. The van der Waals surface area contributed by atoms with E-state index in [1.165, 1.54) is 0 Å². The molecule has 0 spiro atoms. The van der Waals surface area contributed by atoms with Crippen LogP contribution in [-0.2, 0) is 13.7 Å². The second kappa shape index (κ2) is 6.89. The summed E-state index contributed by atoms with van der Waals surface area (Å²) < 4.78 is 3.32. The van der Waals surface area contributed by atoms with Crippen molar-refractivity contribution in [3.8, 4) is 16.8 Å². The van der Waals surface area contributed by atoms with E-state index in [1.54, 1.807) is 47.0 Å². The summed E-state index contributed by atoms with van der Waals surface area (Å²) in [7, 11) is 1.75. The fraction of sp³-hybridized carbons (Fsp3) is 0.130. The van der Waals surface area contributed by atoms with Gasteiger partial charge >= 0.3 is 5.69 Å². The molecule has 148 valence electrons. The number of hydrogen-bond acceptors (Lipinski definition) is 5. The molecule has 1 aromatic carbocycles. The van der Waals surface area contributed by atoms with Crippen LogP contribution in [0.25, 0.3) is 38.8 Å². The van der Waals surface area contributed by atoms with Gasteiger partial charge in [-0.3, -0.25) is 24.1 Å². The van der Waals surface area contributed by atoms with Crippen LogP contribution in [0.2, 0.25) is 0 Å². The molecule has 5 rings (SSSR count). The van der Waals surface area contributed by atoms with Crippen LogP contribution in [0.4, 0.5) is 0 Å². The number of nitrogens with zero attached hydrogens (tertiary/aromatic N) is 5. The maximum atomic E-state index is 13.1. The third-order valence-electron chi connectivity index (χ3n) is 5.46. The van der Waals surface area contributed by atoms with Crippen LogP contribution in [0, 0.1) is 6.92 Å². The number of hydrogen-bond donors (Lipinski definition) is 1. The van der Waals surface area contributed by atoms with Gasteiger partial charge in [-0.05, 0) is 42.3 Å². The second-order valence-corrected chi connectivity index (χ2v) is 7.26. The van der Waals surface area contributed by atoms with Crippen LogP contribution in [-0.4, -0.2) is 29.2 Å². The molecule has 0 aliphatic carbocycles. The van der Waals surface area contributed by atoms with Crippen molar-refractivity contribution in [1.82, 2.24) is 24.1 Å².